The smallest absolute Gasteiger partial charge is 0.338 e. The van der Waals surface area contributed by atoms with Gasteiger partial charge in [-0.1, -0.05) is 17.7 Å². The van der Waals surface area contributed by atoms with E-state index in [4.69, 9.17) is 16.3 Å². The zero-order valence-electron chi connectivity index (χ0n) is 12.6. The summed E-state index contributed by atoms with van der Waals surface area (Å²) >= 11 is 5.83. The molecule has 126 valence electrons. The first-order valence-electron chi connectivity index (χ1n) is 6.55. The van der Waals surface area contributed by atoms with E-state index in [-0.39, 0.29) is 22.0 Å². The van der Waals surface area contributed by atoms with Gasteiger partial charge in [-0.2, -0.15) is 0 Å². The fraction of sp³-hybridized carbons (Fsp3) is 0.286. The monoisotopic (exact) mass is 360 g/mol. The molecule has 0 aliphatic carbocycles. The van der Waals surface area contributed by atoms with E-state index in [0.717, 1.165) is 6.07 Å². The highest BCUT2D eigenvalue weighted by Crippen LogP contribution is 2.23. The molecule has 7 nitrogen and oxygen atoms in total. The van der Waals surface area contributed by atoms with Crippen molar-refractivity contribution < 1.29 is 22.7 Å². The average molecular weight is 361 g/mol. The van der Waals surface area contributed by atoms with Crippen molar-refractivity contribution in [1.29, 1.82) is 0 Å². The number of ether oxygens (including phenoxy) is 1. The van der Waals surface area contributed by atoms with E-state index in [0.29, 0.717) is 0 Å². The van der Waals surface area contributed by atoms with Gasteiger partial charge >= 0.3 is 5.97 Å². The lowest BCUT2D eigenvalue weighted by atomic mass is 10.2. The molecule has 23 heavy (non-hydrogen) atoms. The van der Waals surface area contributed by atoms with Gasteiger partial charge in [0.15, 0.2) is 6.10 Å². The topological polar surface area (TPSA) is 102 Å². The van der Waals surface area contributed by atoms with E-state index >= 15 is 0 Å². The Hall–Kier alpha value is -1.90. The second-order valence-electron chi connectivity index (χ2n) is 4.43. The molecule has 0 aliphatic heterocycles. The third-order valence-corrected chi connectivity index (χ3v) is 4.69. The number of hydrogen-bond acceptors (Lipinski definition) is 5. The normalized spacial score (nSPS) is 12.3. The van der Waals surface area contributed by atoms with Gasteiger partial charge in [-0.05, 0) is 32.2 Å². The fourth-order valence-electron chi connectivity index (χ4n) is 1.54. The van der Waals surface area contributed by atoms with Gasteiger partial charge in [-0.15, -0.1) is 6.58 Å². The molecule has 1 atom stereocenters. The number of nitrogens with one attached hydrogen (secondary N) is 2. The van der Waals surface area contributed by atoms with Crippen molar-refractivity contribution in [1.82, 2.24) is 10.0 Å². The van der Waals surface area contributed by atoms with Crippen LogP contribution in [0.3, 0.4) is 0 Å². The SMILES string of the molecule is C=CCNC(=O)[C@H](C)OC(=O)c1ccc(Cl)c(S(=O)(=O)NC)c1. The van der Waals surface area contributed by atoms with Crippen LogP contribution in [0.1, 0.15) is 17.3 Å². The molecule has 1 aromatic carbocycles. The highest BCUT2D eigenvalue weighted by Gasteiger charge is 2.22. The van der Waals surface area contributed by atoms with Gasteiger partial charge in [0.05, 0.1) is 10.6 Å². The van der Waals surface area contributed by atoms with Crippen LogP contribution in [0.5, 0.6) is 0 Å². The largest absolute Gasteiger partial charge is 0.449 e. The molecule has 1 rings (SSSR count). The predicted octanol–water partition coefficient (Wildman–Crippen LogP) is 1.10. The van der Waals surface area contributed by atoms with Crippen LogP contribution in [0.4, 0.5) is 0 Å². The summed E-state index contributed by atoms with van der Waals surface area (Å²) in [6.07, 6.45) is 0.447. The Labute approximate surface area is 139 Å². The van der Waals surface area contributed by atoms with Gasteiger partial charge < -0.3 is 10.1 Å². The number of halogens is 1. The van der Waals surface area contributed by atoms with Crippen molar-refractivity contribution >= 4 is 33.5 Å². The van der Waals surface area contributed by atoms with E-state index in [1.54, 1.807) is 0 Å². The van der Waals surface area contributed by atoms with Crippen molar-refractivity contribution in [2.45, 2.75) is 17.9 Å². The second kappa shape index (κ2) is 8.09. The Morgan fingerprint density at radius 2 is 2.09 bits per heavy atom. The Morgan fingerprint density at radius 3 is 2.65 bits per heavy atom. The third kappa shape index (κ3) is 5.05. The first-order chi connectivity index (χ1) is 10.7. The summed E-state index contributed by atoms with van der Waals surface area (Å²) in [5.74, 6) is -1.33. The summed E-state index contributed by atoms with van der Waals surface area (Å²) in [5, 5.41) is 2.45. The minimum absolute atomic E-state index is 0.0346. The lowest BCUT2D eigenvalue weighted by molar-refractivity contribution is -0.128. The van der Waals surface area contributed by atoms with Gasteiger partial charge in [-0.3, -0.25) is 4.79 Å². The highest BCUT2D eigenvalue weighted by atomic mass is 35.5. The molecule has 0 saturated carbocycles. The molecule has 0 saturated heterocycles. The van der Waals surface area contributed by atoms with Crippen molar-refractivity contribution in [2.75, 3.05) is 13.6 Å². The Bertz CT molecular complexity index is 718. The molecule has 0 bridgehead atoms. The average Bonchev–Trinajstić information content (AvgIpc) is 2.52. The molecule has 0 aliphatic rings. The minimum atomic E-state index is -3.82. The lowest BCUT2D eigenvalue weighted by Gasteiger charge is -2.13. The molecule has 0 unspecified atom stereocenters. The lowest BCUT2D eigenvalue weighted by Crippen LogP contribution is -2.35. The summed E-state index contributed by atoms with van der Waals surface area (Å²) in [7, 11) is -2.60. The molecule has 0 radical (unpaired) electrons. The maximum atomic E-state index is 12.0. The number of benzene rings is 1. The standard InChI is InChI=1S/C14H17ClN2O5S/c1-4-7-17-13(18)9(2)22-14(19)10-5-6-11(15)12(8-10)23(20,21)16-3/h4-6,8-9,16H,1,7H2,2-3H3,(H,17,18)/t9-/m0/s1. The van der Waals surface area contributed by atoms with E-state index in [1.165, 1.54) is 32.2 Å². The van der Waals surface area contributed by atoms with Crippen LogP contribution in [-0.2, 0) is 19.6 Å². The maximum Gasteiger partial charge on any atom is 0.338 e. The number of rotatable bonds is 7. The molecule has 0 aromatic heterocycles. The first kappa shape index (κ1) is 19.1. The number of sulfonamides is 1. The third-order valence-electron chi connectivity index (χ3n) is 2.80. The summed E-state index contributed by atoms with van der Waals surface area (Å²) in [4.78, 5) is 23.4. The molecule has 0 heterocycles. The van der Waals surface area contributed by atoms with Gasteiger partial charge in [0.25, 0.3) is 5.91 Å². The van der Waals surface area contributed by atoms with E-state index in [2.05, 4.69) is 16.6 Å². The van der Waals surface area contributed by atoms with Gasteiger partial charge in [0, 0.05) is 6.54 Å². The summed E-state index contributed by atoms with van der Waals surface area (Å²) < 4.78 is 30.7. The van der Waals surface area contributed by atoms with E-state index in [9.17, 15) is 18.0 Å². The zero-order chi connectivity index (χ0) is 17.6. The molecule has 1 amide bonds. The number of hydrogen-bond donors (Lipinski definition) is 2. The van der Waals surface area contributed by atoms with Crippen LogP contribution in [0.15, 0.2) is 35.7 Å². The van der Waals surface area contributed by atoms with E-state index in [1.807, 2.05) is 0 Å². The van der Waals surface area contributed by atoms with Crippen LogP contribution in [0.25, 0.3) is 0 Å². The molecule has 0 fully saturated rings. The molecule has 2 N–H and O–H groups in total. The van der Waals surface area contributed by atoms with Crippen molar-refractivity contribution in [2.24, 2.45) is 0 Å². The number of esters is 1. The van der Waals surface area contributed by atoms with Crippen molar-refractivity contribution in [3.05, 3.63) is 41.4 Å². The quantitative estimate of drug-likeness (QED) is 0.560. The van der Waals surface area contributed by atoms with Crippen LogP contribution in [0, 0.1) is 0 Å². The van der Waals surface area contributed by atoms with Crippen LogP contribution in [0.2, 0.25) is 5.02 Å². The fourth-order valence-corrected chi connectivity index (χ4v) is 2.79. The number of carbonyl (C=O) groups is 2. The Balaban J connectivity index is 2.95. The van der Waals surface area contributed by atoms with Crippen molar-refractivity contribution in [3.63, 3.8) is 0 Å². The molecular formula is C14H17ClN2O5S. The summed E-state index contributed by atoms with van der Waals surface area (Å²) in [5.41, 5.74) is -0.0356. The first-order valence-corrected chi connectivity index (χ1v) is 8.41. The Morgan fingerprint density at radius 1 is 1.43 bits per heavy atom. The Kier molecular flexibility index (Phi) is 6.74. The van der Waals surface area contributed by atoms with Gasteiger partial charge in [-0.25, -0.2) is 17.9 Å². The van der Waals surface area contributed by atoms with E-state index < -0.39 is 28.0 Å². The zero-order valence-corrected chi connectivity index (χ0v) is 14.2. The number of carbonyl (C=O) groups excluding carboxylic acids is 2. The predicted molar refractivity (Wildman–Crippen MR) is 85.8 cm³/mol. The van der Waals surface area contributed by atoms with Crippen LogP contribution >= 0.6 is 11.6 Å². The number of amides is 1. The summed E-state index contributed by atoms with van der Waals surface area (Å²) in [6.45, 7) is 5.09. The highest BCUT2D eigenvalue weighted by molar-refractivity contribution is 7.89. The van der Waals surface area contributed by atoms with Crippen LogP contribution < -0.4 is 10.0 Å². The van der Waals surface area contributed by atoms with Crippen LogP contribution in [-0.4, -0.2) is 40.0 Å². The molecule has 1 aromatic rings. The minimum Gasteiger partial charge on any atom is -0.449 e. The second-order valence-corrected chi connectivity index (χ2v) is 6.70. The maximum absolute atomic E-state index is 12.0. The van der Waals surface area contributed by atoms with Crippen molar-refractivity contribution in [3.8, 4) is 0 Å². The van der Waals surface area contributed by atoms with Gasteiger partial charge in [0.1, 0.15) is 4.90 Å². The molecule has 0 spiro atoms. The molecular weight excluding hydrogens is 344 g/mol. The van der Waals surface area contributed by atoms with Gasteiger partial charge in [0.2, 0.25) is 10.0 Å². The summed E-state index contributed by atoms with van der Waals surface area (Å²) in [6, 6.07) is 3.67. The molecule has 9 heteroatoms.